The molecule has 2 atom stereocenters. The fourth-order valence-corrected chi connectivity index (χ4v) is 4.25. The summed E-state index contributed by atoms with van der Waals surface area (Å²) in [5.74, 6) is -0.0603. The molecule has 1 amide bonds. The topological polar surface area (TPSA) is 20.3 Å². The molecule has 2 nitrogen and oxygen atoms in total. The van der Waals surface area contributed by atoms with Gasteiger partial charge in [-0.2, -0.15) is 0 Å². The molecule has 19 heavy (non-hydrogen) atoms. The summed E-state index contributed by atoms with van der Waals surface area (Å²) < 4.78 is 12.9. The largest absolute Gasteiger partial charge is 0.336 e. The number of halogens is 2. The van der Waals surface area contributed by atoms with Crippen molar-refractivity contribution in [1.82, 2.24) is 4.90 Å². The van der Waals surface area contributed by atoms with E-state index in [1.165, 1.54) is 12.1 Å². The van der Waals surface area contributed by atoms with Crippen molar-refractivity contribution >= 4 is 21.8 Å². The van der Waals surface area contributed by atoms with Crippen molar-refractivity contribution in [2.24, 2.45) is 0 Å². The third-order valence-corrected chi connectivity index (χ3v) is 4.98. The average Bonchev–Trinajstić information content (AvgIpc) is 2.65. The van der Waals surface area contributed by atoms with Crippen molar-refractivity contribution in [2.45, 2.75) is 49.0 Å². The number of benzene rings is 1. The van der Waals surface area contributed by atoms with Gasteiger partial charge in [-0.25, -0.2) is 4.39 Å². The van der Waals surface area contributed by atoms with Gasteiger partial charge >= 0.3 is 0 Å². The SMILES string of the molecule is O=C(Cc1ccc(F)cc1)N1C2CCC1CC(Br)C2. The number of carbonyl (C=O) groups is 1. The lowest BCUT2D eigenvalue weighted by Crippen LogP contribution is -2.47. The van der Waals surface area contributed by atoms with E-state index < -0.39 is 0 Å². The number of hydrogen-bond acceptors (Lipinski definition) is 1. The summed E-state index contributed by atoms with van der Waals surface area (Å²) in [4.78, 5) is 15.1. The van der Waals surface area contributed by atoms with Crippen LogP contribution >= 0.6 is 15.9 Å². The first-order valence-electron chi connectivity index (χ1n) is 6.83. The Morgan fingerprint density at radius 3 is 2.37 bits per heavy atom. The van der Waals surface area contributed by atoms with Crippen molar-refractivity contribution < 1.29 is 9.18 Å². The maximum atomic E-state index is 12.9. The highest BCUT2D eigenvalue weighted by atomic mass is 79.9. The summed E-state index contributed by atoms with van der Waals surface area (Å²) in [6.07, 6.45) is 4.77. The molecule has 2 aliphatic heterocycles. The van der Waals surface area contributed by atoms with Crippen LogP contribution in [0.4, 0.5) is 4.39 Å². The van der Waals surface area contributed by atoms with E-state index >= 15 is 0 Å². The van der Waals surface area contributed by atoms with Crippen LogP contribution in [0.25, 0.3) is 0 Å². The van der Waals surface area contributed by atoms with Gasteiger partial charge in [-0.1, -0.05) is 28.1 Å². The van der Waals surface area contributed by atoms with Crippen molar-refractivity contribution in [2.75, 3.05) is 0 Å². The molecular weight excluding hydrogens is 309 g/mol. The van der Waals surface area contributed by atoms with E-state index in [4.69, 9.17) is 0 Å². The molecule has 1 aromatic rings. The summed E-state index contributed by atoms with van der Waals surface area (Å²) in [7, 11) is 0. The van der Waals surface area contributed by atoms with Crippen molar-refractivity contribution in [3.05, 3.63) is 35.6 Å². The molecule has 3 rings (SSSR count). The minimum Gasteiger partial charge on any atom is -0.336 e. The average molecular weight is 326 g/mol. The maximum absolute atomic E-state index is 12.9. The number of fused-ring (bicyclic) bond motifs is 2. The highest BCUT2D eigenvalue weighted by Gasteiger charge is 2.42. The molecule has 4 heteroatoms. The molecule has 2 heterocycles. The van der Waals surface area contributed by atoms with E-state index in [2.05, 4.69) is 20.8 Å². The molecular formula is C15H17BrFNO. The van der Waals surface area contributed by atoms with Gasteiger partial charge in [0.05, 0.1) is 6.42 Å². The second-order valence-corrected chi connectivity index (χ2v) is 6.85. The van der Waals surface area contributed by atoms with Crippen molar-refractivity contribution in [3.63, 3.8) is 0 Å². The van der Waals surface area contributed by atoms with E-state index in [-0.39, 0.29) is 11.7 Å². The molecule has 1 aromatic carbocycles. The van der Waals surface area contributed by atoms with Crippen LogP contribution in [-0.2, 0) is 11.2 Å². The quantitative estimate of drug-likeness (QED) is 0.764. The summed E-state index contributed by atoms with van der Waals surface area (Å²) >= 11 is 3.68. The standard InChI is InChI=1S/C15H17BrFNO/c16-11-8-13-5-6-14(9-11)18(13)15(19)7-10-1-3-12(17)4-2-10/h1-4,11,13-14H,5-9H2. The summed E-state index contributed by atoms with van der Waals surface area (Å²) in [5, 5.41) is 0. The minimum atomic E-state index is -0.253. The molecule has 0 saturated carbocycles. The van der Waals surface area contributed by atoms with Crippen molar-refractivity contribution in [1.29, 1.82) is 0 Å². The second-order valence-electron chi connectivity index (χ2n) is 5.56. The second kappa shape index (κ2) is 5.23. The van der Waals surface area contributed by atoms with E-state index in [1.54, 1.807) is 12.1 Å². The molecule has 2 fully saturated rings. The van der Waals surface area contributed by atoms with Crippen LogP contribution < -0.4 is 0 Å². The summed E-state index contributed by atoms with van der Waals surface area (Å²) in [6, 6.07) is 7.04. The van der Waals surface area contributed by atoms with Crippen LogP contribution in [0, 0.1) is 5.82 Å². The third kappa shape index (κ3) is 2.69. The molecule has 0 radical (unpaired) electrons. The van der Waals surface area contributed by atoms with Crippen LogP contribution in [0.5, 0.6) is 0 Å². The van der Waals surface area contributed by atoms with Gasteiger partial charge < -0.3 is 4.90 Å². The first-order valence-corrected chi connectivity index (χ1v) is 7.74. The maximum Gasteiger partial charge on any atom is 0.227 e. The van der Waals surface area contributed by atoms with Gasteiger partial charge in [0, 0.05) is 16.9 Å². The highest BCUT2D eigenvalue weighted by Crippen LogP contribution is 2.38. The molecule has 2 saturated heterocycles. The first kappa shape index (κ1) is 13.1. The van der Waals surface area contributed by atoms with Gasteiger partial charge in [-0.3, -0.25) is 4.79 Å². The zero-order valence-electron chi connectivity index (χ0n) is 10.7. The smallest absolute Gasteiger partial charge is 0.227 e. The molecule has 102 valence electrons. The van der Waals surface area contributed by atoms with Gasteiger partial charge in [0.15, 0.2) is 0 Å². The molecule has 0 spiro atoms. The number of carbonyl (C=O) groups excluding carboxylic acids is 1. The lowest BCUT2D eigenvalue weighted by Gasteiger charge is -2.37. The van der Waals surface area contributed by atoms with Crippen LogP contribution in [0.15, 0.2) is 24.3 Å². The lowest BCUT2D eigenvalue weighted by molar-refractivity contribution is -0.134. The predicted molar refractivity (Wildman–Crippen MR) is 75.7 cm³/mol. The Bertz CT molecular complexity index is 462. The Balaban J connectivity index is 1.69. The Kier molecular flexibility index (Phi) is 3.61. The van der Waals surface area contributed by atoms with Crippen molar-refractivity contribution in [3.8, 4) is 0 Å². The van der Waals surface area contributed by atoms with Gasteiger partial charge in [0.1, 0.15) is 5.82 Å². The molecule has 0 aliphatic carbocycles. The normalized spacial score (nSPS) is 29.6. The minimum absolute atomic E-state index is 0.193. The first-order chi connectivity index (χ1) is 9.13. The van der Waals surface area contributed by atoms with Crippen LogP contribution in [-0.4, -0.2) is 27.7 Å². The molecule has 2 bridgehead atoms. The number of alkyl halides is 1. The molecule has 2 aliphatic rings. The van der Waals surface area contributed by atoms with E-state index in [0.717, 1.165) is 31.2 Å². The summed E-state index contributed by atoms with van der Waals surface area (Å²) in [6.45, 7) is 0. The number of hydrogen-bond donors (Lipinski definition) is 0. The van der Waals surface area contributed by atoms with Crippen LogP contribution in [0.1, 0.15) is 31.2 Å². The van der Waals surface area contributed by atoms with E-state index in [0.29, 0.717) is 23.3 Å². The predicted octanol–water partition coefficient (Wildman–Crippen LogP) is 3.29. The zero-order chi connectivity index (χ0) is 13.4. The zero-order valence-corrected chi connectivity index (χ0v) is 12.3. The Hall–Kier alpha value is -0.900. The highest BCUT2D eigenvalue weighted by molar-refractivity contribution is 9.09. The van der Waals surface area contributed by atoms with Crippen LogP contribution in [0.3, 0.4) is 0 Å². The number of rotatable bonds is 2. The Morgan fingerprint density at radius 1 is 1.21 bits per heavy atom. The number of nitrogens with zero attached hydrogens (tertiary/aromatic N) is 1. The van der Waals surface area contributed by atoms with E-state index in [1.807, 2.05) is 0 Å². The Morgan fingerprint density at radius 2 is 1.79 bits per heavy atom. The third-order valence-electron chi connectivity index (χ3n) is 4.23. The Labute approximate surface area is 121 Å². The molecule has 0 N–H and O–H groups in total. The number of amides is 1. The molecule has 2 unspecified atom stereocenters. The summed E-state index contributed by atoms with van der Waals surface area (Å²) in [5.41, 5.74) is 0.895. The number of piperidine rings is 1. The fraction of sp³-hybridized carbons (Fsp3) is 0.533. The fourth-order valence-electron chi connectivity index (χ4n) is 3.39. The molecule has 0 aromatic heterocycles. The van der Waals surface area contributed by atoms with Gasteiger partial charge in [0.25, 0.3) is 0 Å². The lowest BCUT2D eigenvalue weighted by atomic mass is 10.0. The van der Waals surface area contributed by atoms with E-state index in [9.17, 15) is 9.18 Å². The monoisotopic (exact) mass is 325 g/mol. The van der Waals surface area contributed by atoms with Gasteiger partial charge in [0.2, 0.25) is 5.91 Å². The van der Waals surface area contributed by atoms with Crippen LogP contribution in [0.2, 0.25) is 0 Å². The van der Waals surface area contributed by atoms with Gasteiger partial charge in [-0.05, 0) is 43.4 Å². The van der Waals surface area contributed by atoms with Gasteiger partial charge in [-0.15, -0.1) is 0 Å².